The Balaban J connectivity index is 1.47. The first-order valence-corrected chi connectivity index (χ1v) is 13.5. The second-order valence-corrected chi connectivity index (χ2v) is 11.5. The van der Waals surface area contributed by atoms with Gasteiger partial charge in [0.2, 0.25) is 10.0 Å². The van der Waals surface area contributed by atoms with Crippen molar-refractivity contribution in [3.63, 3.8) is 0 Å². The highest BCUT2D eigenvalue weighted by molar-refractivity contribution is 7.89. The third-order valence-electron chi connectivity index (χ3n) is 6.37. The van der Waals surface area contributed by atoms with Crippen molar-refractivity contribution in [3.05, 3.63) is 63.1 Å². The molecule has 0 atom stereocenters. The largest absolute Gasteiger partial charge is 0.336 e. The van der Waals surface area contributed by atoms with Crippen LogP contribution in [0.15, 0.2) is 41.3 Å². The lowest BCUT2D eigenvalue weighted by atomic mass is 10.1. The third-order valence-corrected chi connectivity index (χ3v) is 9.05. The molecular formula is C24H29Cl2N3O3S. The van der Waals surface area contributed by atoms with Crippen LogP contribution in [0.3, 0.4) is 0 Å². The third kappa shape index (κ3) is 5.54. The van der Waals surface area contributed by atoms with Crippen molar-refractivity contribution in [2.45, 2.75) is 37.6 Å². The second-order valence-electron chi connectivity index (χ2n) is 8.78. The summed E-state index contributed by atoms with van der Waals surface area (Å²) in [6.45, 7) is 6.42. The number of hydrogen-bond acceptors (Lipinski definition) is 4. The van der Waals surface area contributed by atoms with Gasteiger partial charge in [0.05, 0.1) is 15.6 Å². The maximum Gasteiger partial charge on any atom is 0.255 e. The average molecular weight is 510 g/mol. The number of sulfonamides is 1. The van der Waals surface area contributed by atoms with E-state index in [4.69, 9.17) is 23.2 Å². The number of amides is 1. The first-order valence-electron chi connectivity index (χ1n) is 11.3. The zero-order valence-corrected chi connectivity index (χ0v) is 21.1. The van der Waals surface area contributed by atoms with Gasteiger partial charge in [-0.15, -0.1) is 0 Å². The Labute approximate surface area is 206 Å². The van der Waals surface area contributed by atoms with E-state index in [-0.39, 0.29) is 26.4 Å². The highest BCUT2D eigenvalue weighted by atomic mass is 35.5. The smallest absolute Gasteiger partial charge is 0.255 e. The van der Waals surface area contributed by atoms with Gasteiger partial charge in [-0.05, 0) is 37.5 Å². The molecule has 4 rings (SSSR count). The molecule has 0 spiro atoms. The lowest BCUT2D eigenvalue weighted by Gasteiger charge is -2.35. The van der Waals surface area contributed by atoms with Crippen molar-refractivity contribution >= 4 is 39.1 Å². The molecular weight excluding hydrogens is 481 g/mol. The van der Waals surface area contributed by atoms with Crippen LogP contribution >= 0.6 is 23.2 Å². The molecule has 0 N–H and O–H groups in total. The summed E-state index contributed by atoms with van der Waals surface area (Å²) in [6.07, 6.45) is 2.66. The minimum Gasteiger partial charge on any atom is -0.336 e. The maximum absolute atomic E-state index is 13.3. The highest BCUT2D eigenvalue weighted by Gasteiger charge is 2.31. The number of nitrogens with zero attached hydrogens (tertiary/aromatic N) is 3. The van der Waals surface area contributed by atoms with Gasteiger partial charge >= 0.3 is 0 Å². The summed E-state index contributed by atoms with van der Waals surface area (Å²) in [7, 11) is -3.78. The van der Waals surface area contributed by atoms with Gasteiger partial charge in [-0.25, -0.2) is 8.42 Å². The van der Waals surface area contributed by atoms with Crippen molar-refractivity contribution in [1.29, 1.82) is 0 Å². The van der Waals surface area contributed by atoms with Gasteiger partial charge in [0.1, 0.15) is 4.90 Å². The molecule has 0 saturated carbocycles. The lowest BCUT2D eigenvalue weighted by Crippen LogP contribution is -2.48. The Hall–Kier alpha value is -1.64. The molecule has 9 heteroatoms. The Kier molecular flexibility index (Phi) is 7.66. The fourth-order valence-electron chi connectivity index (χ4n) is 4.37. The van der Waals surface area contributed by atoms with Gasteiger partial charge in [0.15, 0.2) is 0 Å². The van der Waals surface area contributed by atoms with E-state index < -0.39 is 10.0 Å². The number of hydrogen-bond donors (Lipinski definition) is 0. The molecule has 2 aromatic carbocycles. The summed E-state index contributed by atoms with van der Waals surface area (Å²) < 4.78 is 27.8. The minimum atomic E-state index is -3.78. The molecule has 0 unspecified atom stereocenters. The molecule has 2 aromatic rings. The van der Waals surface area contributed by atoms with Gasteiger partial charge in [-0.2, -0.15) is 4.31 Å². The summed E-state index contributed by atoms with van der Waals surface area (Å²) in [4.78, 5) is 17.3. The number of piperidine rings is 1. The molecule has 1 amide bonds. The molecule has 2 saturated heterocycles. The summed E-state index contributed by atoms with van der Waals surface area (Å²) in [5.41, 5.74) is 2.66. The number of carbonyl (C=O) groups excluding carboxylic acids is 1. The Morgan fingerprint density at radius 3 is 2.15 bits per heavy atom. The SMILES string of the molecule is Cc1ccc(CN2CCN(C(=O)c3cc(S(=O)(=O)N4CCCCC4)c(Cl)cc3Cl)CC2)cc1. The van der Waals surface area contributed by atoms with Crippen molar-refractivity contribution in [2.75, 3.05) is 39.3 Å². The van der Waals surface area contributed by atoms with Gasteiger partial charge in [0.25, 0.3) is 5.91 Å². The van der Waals surface area contributed by atoms with E-state index in [2.05, 4.69) is 36.1 Å². The number of piperazine rings is 1. The molecule has 6 nitrogen and oxygen atoms in total. The van der Waals surface area contributed by atoms with Gasteiger partial charge in [0, 0.05) is 45.8 Å². The van der Waals surface area contributed by atoms with Gasteiger partial charge < -0.3 is 4.90 Å². The first kappa shape index (κ1) is 24.5. The molecule has 2 fully saturated rings. The van der Waals surface area contributed by atoms with Crippen LogP contribution in [0.1, 0.15) is 40.7 Å². The minimum absolute atomic E-state index is 0.0446. The summed E-state index contributed by atoms with van der Waals surface area (Å²) in [6, 6.07) is 11.2. The van der Waals surface area contributed by atoms with E-state index in [0.29, 0.717) is 26.2 Å². The van der Waals surface area contributed by atoms with Crippen molar-refractivity contribution in [3.8, 4) is 0 Å². The van der Waals surface area contributed by atoms with Crippen LogP contribution in [0.5, 0.6) is 0 Å². The predicted octanol–water partition coefficient (Wildman–Crippen LogP) is 4.43. The van der Waals surface area contributed by atoms with Crippen LogP contribution < -0.4 is 0 Å². The zero-order chi connectivity index (χ0) is 23.6. The van der Waals surface area contributed by atoms with E-state index in [0.717, 1.165) is 38.9 Å². The Morgan fingerprint density at radius 1 is 0.879 bits per heavy atom. The van der Waals surface area contributed by atoms with E-state index >= 15 is 0 Å². The molecule has 2 aliphatic heterocycles. The fraction of sp³-hybridized carbons (Fsp3) is 0.458. The van der Waals surface area contributed by atoms with Crippen LogP contribution in [-0.2, 0) is 16.6 Å². The number of halogens is 2. The van der Waals surface area contributed by atoms with Gasteiger partial charge in [-0.1, -0.05) is 59.5 Å². The van der Waals surface area contributed by atoms with Crippen LogP contribution in [-0.4, -0.2) is 67.7 Å². The molecule has 178 valence electrons. The molecule has 0 radical (unpaired) electrons. The van der Waals surface area contributed by atoms with Crippen molar-refractivity contribution < 1.29 is 13.2 Å². The Bertz CT molecular complexity index is 1110. The molecule has 0 aliphatic carbocycles. The van der Waals surface area contributed by atoms with Crippen molar-refractivity contribution in [1.82, 2.24) is 14.1 Å². The van der Waals surface area contributed by atoms with E-state index in [1.54, 1.807) is 4.90 Å². The molecule has 2 heterocycles. The average Bonchev–Trinajstić information content (AvgIpc) is 2.81. The first-order chi connectivity index (χ1) is 15.8. The molecule has 0 bridgehead atoms. The summed E-state index contributed by atoms with van der Waals surface area (Å²) in [5.74, 6) is -0.262. The molecule has 0 aromatic heterocycles. The van der Waals surface area contributed by atoms with Crippen LogP contribution in [0.2, 0.25) is 10.0 Å². The van der Waals surface area contributed by atoms with Crippen LogP contribution in [0, 0.1) is 6.92 Å². The van der Waals surface area contributed by atoms with Crippen molar-refractivity contribution in [2.24, 2.45) is 0 Å². The normalized spacial score (nSPS) is 18.5. The summed E-state index contributed by atoms with van der Waals surface area (Å²) >= 11 is 12.6. The Morgan fingerprint density at radius 2 is 1.52 bits per heavy atom. The van der Waals surface area contributed by atoms with E-state index in [1.165, 1.54) is 27.6 Å². The molecule has 33 heavy (non-hydrogen) atoms. The second kappa shape index (κ2) is 10.3. The van der Waals surface area contributed by atoms with E-state index in [9.17, 15) is 13.2 Å². The lowest BCUT2D eigenvalue weighted by molar-refractivity contribution is 0.0628. The number of carbonyl (C=O) groups is 1. The fourth-order valence-corrected chi connectivity index (χ4v) is 6.71. The van der Waals surface area contributed by atoms with Crippen LogP contribution in [0.25, 0.3) is 0 Å². The quantitative estimate of drug-likeness (QED) is 0.597. The maximum atomic E-state index is 13.3. The van der Waals surface area contributed by atoms with E-state index in [1.807, 2.05) is 0 Å². The number of aryl methyl sites for hydroxylation is 1. The predicted molar refractivity (Wildman–Crippen MR) is 131 cm³/mol. The standard InChI is InChI=1S/C24H29Cl2N3O3S/c1-18-5-7-19(8-6-18)17-27-11-13-28(14-12-27)24(30)20-15-23(22(26)16-21(20)25)33(31,32)29-9-3-2-4-10-29/h5-8,15-16H,2-4,9-14,17H2,1H3. The summed E-state index contributed by atoms with van der Waals surface area (Å²) in [5, 5.41) is 0.217. The molecule has 2 aliphatic rings. The zero-order valence-electron chi connectivity index (χ0n) is 18.8. The number of rotatable bonds is 5. The van der Waals surface area contributed by atoms with Crippen LogP contribution in [0.4, 0.5) is 0 Å². The monoisotopic (exact) mass is 509 g/mol. The number of benzene rings is 2. The topological polar surface area (TPSA) is 60.9 Å². The van der Waals surface area contributed by atoms with Gasteiger partial charge in [-0.3, -0.25) is 9.69 Å². The highest BCUT2D eigenvalue weighted by Crippen LogP contribution is 2.32.